The molecule has 3 N–H and O–H groups in total. The average molecular weight is 630 g/mol. The molecule has 7 nitrogen and oxygen atoms in total. The molecule has 46 heavy (non-hydrogen) atoms. The molecule has 1 spiro atoms. The highest BCUT2D eigenvalue weighted by Gasteiger charge is 2.44. The second-order valence-electron chi connectivity index (χ2n) is 12.7. The number of unbranched alkanes of at least 4 members (excludes halogenated alkanes) is 3. The van der Waals surface area contributed by atoms with Gasteiger partial charge in [0.1, 0.15) is 11.6 Å². The number of imidazole rings is 1. The van der Waals surface area contributed by atoms with E-state index in [2.05, 4.69) is 77.6 Å². The number of piperidine rings is 1. The molecule has 3 aliphatic rings. The van der Waals surface area contributed by atoms with Crippen LogP contribution >= 0.6 is 0 Å². The van der Waals surface area contributed by atoms with Crippen molar-refractivity contribution in [1.82, 2.24) is 19.9 Å². The van der Waals surface area contributed by atoms with Gasteiger partial charge in [-0.05, 0) is 102 Å². The fraction of sp³-hybridized carbons (Fsp3) is 0.590. The normalized spacial score (nSPS) is 16.0. The molecule has 7 heteroatoms. The highest BCUT2D eigenvalue weighted by Crippen LogP contribution is 2.53. The number of terminal acetylenes is 1. The molecular weight excluding hydrogens is 570 g/mol. The maximum Gasteiger partial charge on any atom is 0.204 e. The highest BCUT2D eigenvalue weighted by molar-refractivity contribution is 5.84. The second kappa shape index (κ2) is 20.6. The number of carbonyl (C=O) groups is 2. The number of amides is 1. The van der Waals surface area contributed by atoms with E-state index in [4.69, 9.17) is 9.78 Å². The molecule has 0 unspecified atom stereocenters. The summed E-state index contributed by atoms with van der Waals surface area (Å²) in [6.07, 6.45) is 25.5. The Morgan fingerprint density at radius 3 is 2.28 bits per heavy atom. The molecule has 0 atom stereocenters. The Bertz CT molecular complexity index is 1330. The van der Waals surface area contributed by atoms with E-state index in [0.717, 1.165) is 72.6 Å². The predicted octanol–water partition coefficient (Wildman–Crippen LogP) is 8.62. The van der Waals surface area contributed by atoms with Crippen molar-refractivity contribution >= 4 is 23.1 Å². The minimum absolute atomic E-state index is 0.250. The van der Waals surface area contributed by atoms with Crippen molar-refractivity contribution in [2.45, 2.75) is 130 Å². The van der Waals surface area contributed by atoms with Crippen LogP contribution in [0.4, 0.5) is 0 Å². The van der Waals surface area contributed by atoms with E-state index < -0.39 is 0 Å². The number of fused-ring (bicyclic) bond motifs is 1. The molecule has 1 aromatic carbocycles. The summed E-state index contributed by atoms with van der Waals surface area (Å²) in [7, 11) is 0. The van der Waals surface area contributed by atoms with Crippen LogP contribution in [0.15, 0.2) is 36.5 Å². The largest absolute Gasteiger partial charge is 0.372 e. The van der Waals surface area contributed by atoms with Crippen LogP contribution in [-0.4, -0.2) is 51.2 Å². The summed E-state index contributed by atoms with van der Waals surface area (Å²) in [5.74, 6) is 2.11. The zero-order valence-electron chi connectivity index (χ0n) is 29.2. The average Bonchev–Trinajstić information content (AvgIpc) is 4.03. The number of aromatic nitrogens is 3. The molecule has 3 fully saturated rings. The SMILES string of the molecule is C#C.CC.CC(C)N1CCC2(CC1)CC2.CCC(=O)CCCCCCc1ncc(-c2ccc3nc(C4CC4)ccc3c2)[nH]1.NC=O. The van der Waals surface area contributed by atoms with E-state index in [1.807, 2.05) is 27.0 Å². The number of primary amides is 1. The van der Waals surface area contributed by atoms with Crippen LogP contribution in [0.5, 0.6) is 0 Å². The van der Waals surface area contributed by atoms with Gasteiger partial charge in [0.05, 0.1) is 17.4 Å². The van der Waals surface area contributed by atoms with E-state index in [1.54, 1.807) is 0 Å². The van der Waals surface area contributed by atoms with Gasteiger partial charge in [0.2, 0.25) is 6.41 Å². The number of nitrogens with two attached hydrogens (primary N) is 1. The minimum Gasteiger partial charge on any atom is -0.372 e. The fourth-order valence-corrected chi connectivity index (χ4v) is 5.89. The van der Waals surface area contributed by atoms with Gasteiger partial charge in [-0.25, -0.2) is 4.98 Å². The van der Waals surface area contributed by atoms with Crippen molar-refractivity contribution in [3.8, 4) is 24.1 Å². The van der Waals surface area contributed by atoms with E-state index in [0.29, 0.717) is 18.1 Å². The Hall–Kier alpha value is -3.50. The van der Waals surface area contributed by atoms with Gasteiger partial charge in [-0.1, -0.05) is 45.7 Å². The van der Waals surface area contributed by atoms with Crippen LogP contribution in [0, 0.1) is 18.3 Å². The number of aryl methyl sites for hydroxylation is 1. The van der Waals surface area contributed by atoms with Crippen molar-refractivity contribution in [1.29, 1.82) is 0 Å². The molecule has 3 heterocycles. The number of likely N-dealkylation sites (tertiary alicyclic amines) is 1. The number of nitrogens with one attached hydrogen (secondary N) is 1. The Labute approximate surface area is 278 Å². The fourth-order valence-electron chi connectivity index (χ4n) is 5.89. The molecule has 3 aromatic rings. The van der Waals surface area contributed by atoms with E-state index >= 15 is 0 Å². The van der Waals surface area contributed by atoms with Crippen LogP contribution in [-0.2, 0) is 16.0 Å². The van der Waals surface area contributed by atoms with Crippen molar-refractivity contribution in [2.24, 2.45) is 11.1 Å². The monoisotopic (exact) mass is 629 g/mol. The summed E-state index contributed by atoms with van der Waals surface area (Å²) in [5.41, 5.74) is 9.56. The van der Waals surface area contributed by atoms with Crippen molar-refractivity contribution in [3.63, 3.8) is 0 Å². The number of ketones is 1. The van der Waals surface area contributed by atoms with Crippen molar-refractivity contribution in [2.75, 3.05) is 13.1 Å². The number of benzene rings is 1. The molecule has 2 saturated carbocycles. The van der Waals surface area contributed by atoms with Crippen LogP contribution in [0.1, 0.15) is 129 Å². The van der Waals surface area contributed by atoms with Crippen LogP contribution in [0.25, 0.3) is 22.2 Å². The van der Waals surface area contributed by atoms with Crippen LogP contribution in [0.2, 0.25) is 0 Å². The molecular formula is C39H59N5O2. The Balaban J connectivity index is 0.000000338. The Morgan fingerprint density at radius 2 is 1.70 bits per heavy atom. The summed E-state index contributed by atoms with van der Waals surface area (Å²) < 4.78 is 0. The first-order valence-corrected chi connectivity index (χ1v) is 17.6. The lowest BCUT2D eigenvalue weighted by atomic mass is 9.93. The number of pyridine rings is 1. The standard InChI is InChI=1S/C24H29N3O.C10H19N.C2H6.C2H2.CH3NO/c1-2-20(28)7-5-3-4-6-8-24-25-16-23(27-24)19-12-14-22-18(15-19)11-13-21(26-22)17-9-10-17;1-9(2)11-7-5-10(3-4-10)6-8-11;2*1-2;2-1-3/h11-17H,2-10H2,1H3,(H,25,27);9H,3-8H2,1-2H3;1-2H3;1-2H;1H,(H2,2,3). The molecule has 0 radical (unpaired) electrons. The lowest BCUT2D eigenvalue weighted by molar-refractivity contribution is -0.118. The van der Waals surface area contributed by atoms with Crippen molar-refractivity contribution in [3.05, 3.63) is 48.0 Å². The lowest BCUT2D eigenvalue weighted by Crippen LogP contribution is -2.38. The molecule has 1 saturated heterocycles. The maximum absolute atomic E-state index is 11.3. The van der Waals surface area contributed by atoms with Gasteiger partial charge < -0.3 is 15.6 Å². The molecule has 2 aliphatic carbocycles. The molecule has 252 valence electrons. The molecule has 2 aromatic heterocycles. The molecule has 1 amide bonds. The summed E-state index contributed by atoms with van der Waals surface area (Å²) in [5, 5.41) is 1.18. The first-order chi connectivity index (χ1) is 22.4. The third-order valence-corrected chi connectivity index (χ3v) is 9.21. The first-order valence-electron chi connectivity index (χ1n) is 17.6. The van der Waals surface area contributed by atoms with Gasteiger partial charge in [0, 0.05) is 47.9 Å². The number of hydrogen-bond donors (Lipinski definition) is 2. The maximum atomic E-state index is 11.3. The summed E-state index contributed by atoms with van der Waals surface area (Å²) in [4.78, 5) is 35.3. The van der Waals surface area contributed by atoms with Gasteiger partial charge in [0.15, 0.2) is 0 Å². The van der Waals surface area contributed by atoms with E-state index in [-0.39, 0.29) is 6.41 Å². The summed E-state index contributed by atoms with van der Waals surface area (Å²) in [6.45, 7) is 13.3. The number of hydrogen-bond acceptors (Lipinski definition) is 5. The first kappa shape index (κ1) is 38.7. The van der Waals surface area contributed by atoms with Gasteiger partial charge in [-0.15, -0.1) is 12.8 Å². The quantitative estimate of drug-likeness (QED) is 0.126. The third kappa shape index (κ3) is 12.7. The lowest BCUT2D eigenvalue weighted by Gasteiger charge is -2.34. The van der Waals surface area contributed by atoms with Gasteiger partial charge >= 0.3 is 0 Å². The number of aromatic amines is 1. The van der Waals surface area contributed by atoms with Gasteiger partial charge in [-0.2, -0.15) is 0 Å². The highest BCUT2D eigenvalue weighted by atomic mass is 16.1. The Kier molecular flexibility index (Phi) is 17.3. The van der Waals surface area contributed by atoms with Crippen LogP contribution < -0.4 is 5.73 Å². The minimum atomic E-state index is 0.250. The number of rotatable bonds is 11. The van der Waals surface area contributed by atoms with E-state index in [1.165, 1.54) is 62.7 Å². The molecule has 6 rings (SSSR count). The zero-order valence-corrected chi connectivity index (χ0v) is 29.2. The zero-order chi connectivity index (χ0) is 34.0. The van der Waals surface area contributed by atoms with Crippen LogP contribution in [0.3, 0.4) is 0 Å². The predicted molar refractivity (Wildman–Crippen MR) is 192 cm³/mol. The topological polar surface area (TPSA) is 105 Å². The summed E-state index contributed by atoms with van der Waals surface area (Å²) in [6, 6.07) is 11.6. The van der Waals surface area contributed by atoms with Crippen molar-refractivity contribution < 1.29 is 9.59 Å². The smallest absolute Gasteiger partial charge is 0.204 e. The van der Waals surface area contributed by atoms with Gasteiger partial charge in [0.25, 0.3) is 0 Å². The Morgan fingerprint density at radius 1 is 1.04 bits per heavy atom. The summed E-state index contributed by atoms with van der Waals surface area (Å²) >= 11 is 0. The second-order valence-corrected chi connectivity index (χ2v) is 12.7. The molecule has 0 bridgehead atoms. The number of nitrogens with zero attached hydrogens (tertiary/aromatic N) is 3. The van der Waals surface area contributed by atoms with E-state index in [9.17, 15) is 4.79 Å². The number of H-pyrrole nitrogens is 1. The molecule has 1 aliphatic heterocycles. The third-order valence-electron chi connectivity index (χ3n) is 9.21. The number of carbonyl (C=O) groups excluding carboxylic acids is 2. The number of Topliss-reactive ketones (excluding diaryl/α,β-unsaturated/α-hetero) is 1. The van der Waals surface area contributed by atoms with Gasteiger partial charge in [-0.3, -0.25) is 14.6 Å².